The molecule has 17 heavy (non-hydrogen) atoms. The third-order valence-corrected chi connectivity index (χ3v) is 3.82. The molecule has 0 heterocycles. The number of aliphatic hydroxyl groups excluding tert-OH is 1. The van der Waals surface area contributed by atoms with Gasteiger partial charge in [-0.25, -0.2) is 0 Å². The molecule has 0 aromatic rings. The van der Waals surface area contributed by atoms with Crippen molar-refractivity contribution in [1.29, 1.82) is 0 Å². The molecule has 0 saturated heterocycles. The van der Waals surface area contributed by atoms with E-state index in [1.54, 1.807) is 0 Å². The van der Waals surface area contributed by atoms with Gasteiger partial charge in [-0.2, -0.15) is 17.4 Å². The second-order valence-electron chi connectivity index (χ2n) is 3.85. The van der Waals surface area contributed by atoms with Gasteiger partial charge in [-0.15, -0.1) is 0 Å². The molecule has 0 amide bonds. The van der Waals surface area contributed by atoms with Crippen molar-refractivity contribution in [3.8, 4) is 0 Å². The van der Waals surface area contributed by atoms with Crippen molar-refractivity contribution in [3.63, 3.8) is 0 Å². The number of unbranched alkanes of at least 4 members (excludes halogenated alkanes) is 1. The van der Waals surface area contributed by atoms with Crippen LogP contribution in [0.25, 0.3) is 0 Å². The van der Waals surface area contributed by atoms with Gasteiger partial charge in [-0.1, -0.05) is 13.3 Å². The topological polar surface area (TPSA) is 107 Å². The predicted octanol–water partition coefficient (Wildman–Crippen LogP) is -0.613. The van der Waals surface area contributed by atoms with Gasteiger partial charge < -0.3 is 10.2 Å². The molecule has 0 fully saturated rings. The first kappa shape index (κ1) is 16.3. The van der Waals surface area contributed by atoms with Gasteiger partial charge in [-0.3, -0.25) is 4.79 Å². The molecule has 3 N–H and O–H groups in total. The first-order valence-electron chi connectivity index (χ1n) is 5.36. The van der Waals surface area contributed by atoms with E-state index in [4.69, 9.17) is 5.11 Å². The maximum absolute atomic E-state index is 11.7. The minimum Gasteiger partial charge on any atom is -0.480 e. The lowest BCUT2D eigenvalue weighted by molar-refractivity contribution is -0.141. The third-order valence-electron chi connectivity index (χ3n) is 2.26. The number of carboxylic acids is 1. The van der Waals surface area contributed by atoms with Crippen LogP contribution >= 0.6 is 0 Å². The molecule has 7 nitrogen and oxygen atoms in total. The molecule has 0 rings (SSSR count). The van der Waals surface area contributed by atoms with Crippen LogP contribution in [0.1, 0.15) is 26.7 Å². The van der Waals surface area contributed by atoms with Crippen LogP contribution in [0.3, 0.4) is 0 Å². The Morgan fingerprint density at radius 2 is 2.00 bits per heavy atom. The second kappa shape index (κ2) is 6.90. The molecule has 102 valence electrons. The number of aliphatic hydroxyl groups is 1. The van der Waals surface area contributed by atoms with E-state index in [0.717, 1.165) is 10.7 Å². The van der Waals surface area contributed by atoms with Gasteiger partial charge in [0.25, 0.3) is 10.2 Å². The van der Waals surface area contributed by atoms with E-state index in [1.807, 2.05) is 11.6 Å². The SMILES string of the molecule is CCCCN(C)S(=O)(=O)N[C@H](C(=O)O)[C@@H](C)O. The van der Waals surface area contributed by atoms with Gasteiger partial charge in [0, 0.05) is 13.6 Å². The van der Waals surface area contributed by atoms with Crippen molar-refractivity contribution in [3.05, 3.63) is 0 Å². The summed E-state index contributed by atoms with van der Waals surface area (Å²) in [7, 11) is -2.52. The van der Waals surface area contributed by atoms with E-state index < -0.39 is 28.3 Å². The number of nitrogens with one attached hydrogen (secondary N) is 1. The highest BCUT2D eigenvalue weighted by Gasteiger charge is 2.30. The normalized spacial score (nSPS) is 15.8. The first-order chi connectivity index (χ1) is 7.72. The average molecular weight is 268 g/mol. The summed E-state index contributed by atoms with van der Waals surface area (Å²) < 4.78 is 26.4. The Hall–Kier alpha value is -0.700. The Bertz CT molecular complexity index is 341. The molecule has 0 aromatic carbocycles. The number of carbonyl (C=O) groups is 1. The third kappa shape index (κ3) is 5.44. The van der Waals surface area contributed by atoms with Crippen LogP contribution in [0, 0.1) is 0 Å². The smallest absolute Gasteiger partial charge is 0.324 e. The molecule has 0 aliphatic rings. The van der Waals surface area contributed by atoms with E-state index in [1.165, 1.54) is 14.0 Å². The quantitative estimate of drug-likeness (QED) is 0.544. The standard InChI is InChI=1S/C9H20N2O5S/c1-4-5-6-11(3)17(15,16)10-8(7(2)12)9(13)14/h7-8,10,12H,4-6H2,1-3H3,(H,13,14)/t7-,8+/m1/s1. The summed E-state index contributed by atoms with van der Waals surface area (Å²) in [4.78, 5) is 10.7. The zero-order valence-electron chi connectivity index (χ0n) is 10.3. The van der Waals surface area contributed by atoms with Gasteiger partial charge in [0.1, 0.15) is 6.04 Å². The maximum atomic E-state index is 11.7. The van der Waals surface area contributed by atoms with E-state index in [0.29, 0.717) is 13.0 Å². The lowest BCUT2D eigenvalue weighted by Crippen LogP contribution is -2.51. The average Bonchev–Trinajstić information content (AvgIpc) is 2.21. The molecule has 0 aromatic heterocycles. The maximum Gasteiger partial charge on any atom is 0.324 e. The number of rotatable bonds is 8. The van der Waals surface area contributed by atoms with Crippen molar-refractivity contribution in [2.45, 2.75) is 38.8 Å². The summed E-state index contributed by atoms with van der Waals surface area (Å²) in [6.45, 7) is 3.44. The summed E-state index contributed by atoms with van der Waals surface area (Å²) in [5.74, 6) is -1.41. The Morgan fingerprint density at radius 3 is 2.35 bits per heavy atom. The Balaban J connectivity index is 4.66. The zero-order valence-corrected chi connectivity index (χ0v) is 11.1. The van der Waals surface area contributed by atoms with Gasteiger partial charge in [0.15, 0.2) is 0 Å². The number of nitrogens with zero attached hydrogens (tertiary/aromatic N) is 1. The summed E-state index contributed by atoms with van der Waals surface area (Å²) in [6.07, 6.45) is 0.212. The van der Waals surface area contributed by atoms with E-state index in [2.05, 4.69) is 0 Å². The van der Waals surface area contributed by atoms with Gasteiger partial charge in [0.2, 0.25) is 0 Å². The highest BCUT2D eigenvalue weighted by molar-refractivity contribution is 7.87. The molecule has 0 radical (unpaired) electrons. The Kier molecular flexibility index (Phi) is 6.61. The summed E-state index contributed by atoms with van der Waals surface area (Å²) in [6, 6.07) is -1.54. The van der Waals surface area contributed by atoms with Crippen LogP contribution in [-0.4, -0.2) is 54.6 Å². The molecular formula is C9H20N2O5S. The first-order valence-corrected chi connectivity index (χ1v) is 6.80. The Morgan fingerprint density at radius 1 is 1.47 bits per heavy atom. The summed E-state index contributed by atoms with van der Waals surface area (Å²) in [5.41, 5.74) is 0. The highest BCUT2D eigenvalue weighted by atomic mass is 32.2. The molecule has 0 aliphatic carbocycles. The zero-order chi connectivity index (χ0) is 13.6. The molecule has 2 atom stereocenters. The summed E-state index contributed by atoms with van der Waals surface area (Å²) in [5, 5.41) is 17.9. The molecule has 0 aliphatic heterocycles. The van der Waals surface area contributed by atoms with Crippen molar-refractivity contribution in [1.82, 2.24) is 9.03 Å². The van der Waals surface area contributed by atoms with Crippen LogP contribution in [0.2, 0.25) is 0 Å². The fourth-order valence-electron chi connectivity index (χ4n) is 1.11. The molecule has 0 unspecified atom stereocenters. The predicted molar refractivity (Wildman–Crippen MR) is 62.7 cm³/mol. The molecule has 0 spiro atoms. The molecular weight excluding hydrogens is 248 g/mol. The van der Waals surface area contributed by atoms with Gasteiger partial charge in [-0.05, 0) is 13.3 Å². The molecule has 8 heteroatoms. The molecule has 0 saturated carbocycles. The molecule has 0 bridgehead atoms. The van der Waals surface area contributed by atoms with Crippen molar-refractivity contribution >= 4 is 16.2 Å². The number of carboxylic acid groups (broad SMARTS) is 1. The number of hydrogen-bond donors (Lipinski definition) is 3. The lowest BCUT2D eigenvalue weighted by Gasteiger charge is -2.22. The fourth-order valence-corrected chi connectivity index (χ4v) is 2.27. The monoisotopic (exact) mass is 268 g/mol. The van der Waals surface area contributed by atoms with Gasteiger partial charge in [0.05, 0.1) is 6.10 Å². The van der Waals surface area contributed by atoms with Crippen LogP contribution in [-0.2, 0) is 15.0 Å². The fraction of sp³-hybridized carbons (Fsp3) is 0.889. The minimum atomic E-state index is -3.88. The minimum absolute atomic E-state index is 0.304. The second-order valence-corrected chi connectivity index (χ2v) is 5.66. The van der Waals surface area contributed by atoms with Crippen LogP contribution in [0.4, 0.5) is 0 Å². The number of aliphatic carboxylic acids is 1. The van der Waals surface area contributed by atoms with Crippen molar-refractivity contribution in [2.75, 3.05) is 13.6 Å². The van der Waals surface area contributed by atoms with Gasteiger partial charge >= 0.3 is 5.97 Å². The Labute approximate surface area is 102 Å². The summed E-state index contributed by atoms with van der Waals surface area (Å²) >= 11 is 0. The lowest BCUT2D eigenvalue weighted by atomic mass is 10.2. The van der Waals surface area contributed by atoms with E-state index in [-0.39, 0.29) is 0 Å². The van der Waals surface area contributed by atoms with E-state index >= 15 is 0 Å². The largest absolute Gasteiger partial charge is 0.480 e. The van der Waals surface area contributed by atoms with Crippen molar-refractivity contribution in [2.24, 2.45) is 0 Å². The highest BCUT2D eigenvalue weighted by Crippen LogP contribution is 2.02. The van der Waals surface area contributed by atoms with Crippen LogP contribution < -0.4 is 4.72 Å². The van der Waals surface area contributed by atoms with E-state index in [9.17, 15) is 18.3 Å². The van der Waals surface area contributed by atoms with Crippen molar-refractivity contribution < 1.29 is 23.4 Å². The van der Waals surface area contributed by atoms with Crippen LogP contribution in [0.15, 0.2) is 0 Å². The number of hydrogen-bond acceptors (Lipinski definition) is 4. The van der Waals surface area contributed by atoms with Crippen LogP contribution in [0.5, 0.6) is 0 Å².